The summed E-state index contributed by atoms with van der Waals surface area (Å²) < 4.78 is 11.7. The van der Waals surface area contributed by atoms with Gasteiger partial charge in [0.15, 0.2) is 0 Å². The molecule has 3 rings (SSSR count). The number of hydrogen-bond acceptors (Lipinski definition) is 4. The molecule has 2 aliphatic rings. The van der Waals surface area contributed by atoms with Gasteiger partial charge < -0.3 is 14.6 Å². The van der Waals surface area contributed by atoms with Gasteiger partial charge in [0.25, 0.3) is 5.78 Å². The lowest BCUT2D eigenvalue weighted by Gasteiger charge is -2.12. The fourth-order valence-electron chi connectivity index (χ4n) is 2.40. The van der Waals surface area contributed by atoms with E-state index in [-0.39, 0.29) is 5.56 Å². The number of carboxylic acids is 1. The Labute approximate surface area is 111 Å². The molecule has 1 aromatic carbocycles. The summed E-state index contributed by atoms with van der Waals surface area (Å²) in [6.45, 7) is 0.910. The molecular formula is C12H9BrO5. The fourth-order valence-corrected chi connectivity index (χ4v) is 3.13. The standard InChI is InChI=1S/C12H9BrO5/c13-8-6-2-4-17-10(6)7(9(14)12(15)16)5-1-3-18-11(5)8/h1-4H2,(H,15,16). The van der Waals surface area contributed by atoms with Crippen LogP contribution in [-0.4, -0.2) is 30.1 Å². The Morgan fingerprint density at radius 2 is 1.67 bits per heavy atom. The molecule has 0 amide bonds. The lowest BCUT2D eigenvalue weighted by atomic mass is 9.96. The molecule has 0 radical (unpaired) electrons. The molecule has 0 saturated carbocycles. The Balaban J connectivity index is 2.31. The van der Waals surface area contributed by atoms with Gasteiger partial charge in [-0.1, -0.05) is 0 Å². The minimum Gasteiger partial charge on any atom is -0.492 e. The van der Waals surface area contributed by atoms with Crippen LogP contribution in [0.15, 0.2) is 4.47 Å². The van der Waals surface area contributed by atoms with E-state index in [1.165, 1.54) is 0 Å². The summed E-state index contributed by atoms with van der Waals surface area (Å²) in [7, 11) is 0. The van der Waals surface area contributed by atoms with Gasteiger partial charge in [-0.05, 0) is 15.9 Å². The highest BCUT2D eigenvalue weighted by molar-refractivity contribution is 9.10. The molecule has 6 heteroatoms. The highest BCUT2D eigenvalue weighted by atomic mass is 79.9. The van der Waals surface area contributed by atoms with Gasteiger partial charge in [0.1, 0.15) is 11.5 Å². The molecule has 0 bridgehead atoms. The van der Waals surface area contributed by atoms with E-state index in [4.69, 9.17) is 14.6 Å². The van der Waals surface area contributed by atoms with Crippen LogP contribution in [0.3, 0.4) is 0 Å². The van der Waals surface area contributed by atoms with Crippen LogP contribution in [-0.2, 0) is 17.6 Å². The lowest BCUT2D eigenvalue weighted by Crippen LogP contribution is -2.16. The molecule has 0 fully saturated rings. The molecule has 0 atom stereocenters. The second-order valence-corrected chi connectivity index (χ2v) is 4.93. The van der Waals surface area contributed by atoms with Crippen LogP contribution in [0.25, 0.3) is 0 Å². The second-order valence-electron chi connectivity index (χ2n) is 4.14. The molecule has 94 valence electrons. The van der Waals surface area contributed by atoms with E-state index in [2.05, 4.69) is 15.9 Å². The summed E-state index contributed by atoms with van der Waals surface area (Å²) >= 11 is 3.44. The molecule has 0 saturated heterocycles. The van der Waals surface area contributed by atoms with Crippen molar-refractivity contribution in [2.75, 3.05) is 13.2 Å². The third-order valence-electron chi connectivity index (χ3n) is 3.16. The monoisotopic (exact) mass is 312 g/mol. The van der Waals surface area contributed by atoms with Gasteiger partial charge in [-0.2, -0.15) is 0 Å². The summed E-state index contributed by atoms with van der Waals surface area (Å²) in [5.74, 6) is -1.41. The number of fused-ring (bicyclic) bond motifs is 2. The van der Waals surface area contributed by atoms with Crippen LogP contribution in [0.1, 0.15) is 21.5 Å². The number of carboxylic acid groups (broad SMARTS) is 1. The fraction of sp³-hybridized carbons (Fsp3) is 0.333. The van der Waals surface area contributed by atoms with Crippen molar-refractivity contribution in [2.24, 2.45) is 0 Å². The number of halogens is 1. The second kappa shape index (κ2) is 3.98. The van der Waals surface area contributed by atoms with Gasteiger partial charge in [0.05, 0.1) is 23.2 Å². The molecule has 0 unspecified atom stereocenters. The molecule has 0 aromatic heterocycles. The smallest absolute Gasteiger partial charge is 0.377 e. The summed E-state index contributed by atoms with van der Waals surface area (Å²) in [5.41, 5.74) is 1.61. The molecule has 0 spiro atoms. The minimum absolute atomic E-state index is 0.158. The quantitative estimate of drug-likeness (QED) is 0.663. The number of carbonyl (C=O) groups excluding carboxylic acids is 1. The highest BCUT2D eigenvalue weighted by Gasteiger charge is 2.35. The van der Waals surface area contributed by atoms with Crippen molar-refractivity contribution in [1.82, 2.24) is 0 Å². The first-order valence-electron chi connectivity index (χ1n) is 5.51. The minimum atomic E-state index is -1.47. The summed E-state index contributed by atoms with van der Waals surface area (Å²) in [6, 6.07) is 0. The predicted octanol–water partition coefficient (Wildman–Crippen LogP) is 1.59. The Bertz CT molecular complexity index is 543. The number of ether oxygens (including phenoxy) is 2. The van der Waals surface area contributed by atoms with Crippen molar-refractivity contribution in [3.8, 4) is 11.5 Å². The van der Waals surface area contributed by atoms with E-state index in [1.807, 2.05) is 0 Å². The molecule has 2 aliphatic heterocycles. The first-order valence-corrected chi connectivity index (χ1v) is 6.31. The van der Waals surface area contributed by atoms with Crippen LogP contribution in [0.2, 0.25) is 0 Å². The van der Waals surface area contributed by atoms with Crippen molar-refractivity contribution in [3.63, 3.8) is 0 Å². The molecule has 1 N–H and O–H groups in total. The van der Waals surface area contributed by atoms with Crippen molar-refractivity contribution in [1.29, 1.82) is 0 Å². The predicted molar refractivity (Wildman–Crippen MR) is 64.5 cm³/mol. The van der Waals surface area contributed by atoms with Gasteiger partial charge in [-0.3, -0.25) is 4.79 Å². The average Bonchev–Trinajstić information content (AvgIpc) is 2.96. The zero-order chi connectivity index (χ0) is 12.9. The number of benzene rings is 1. The van der Waals surface area contributed by atoms with Gasteiger partial charge in [0.2, 0.25) is 0 Å². The third kappa shape index (κ3) is 1.45. The number of aliphatic carboxylic acids is 1. The van der Waals surface area contributed by atoms with Crippen molar-refractivity contribution in [3.05, 3.63) is 21.2 Å². The normalized spacial score (nSPS) is 15.6. The van der Waals surface area contributed by atoms with Crippen LogP contribution in [0, 0.1) is 0 Å². The largest absolute Gasteiger partial charge is 0.492 e. The zero-order valence-electron chi connectivity index (χ0n) is 9.29. The Morgan fingerprint density at radius 1 is 1.06 bits per heavy atom. The first kappa shape index (κ1) is 11.5. The van der Waals surface area contributed by atoms with Crippen molar-refractivity contribution < 1.29 is 24.2 Å². The summed E-state index contributed by atoms with van der Waals surface area (Å²) in [5, 5.41) is 8.91. The van der Waals surface area contributed by atoms with E-state index in [0.29, 0.717) is 43.1 Å². The van der Waals surface area contributed by atoms with Crippen LogP contribution in [0.4, 0.5) is 0 Å². The maximum absolute atomic E-state index is 11.8. The van der Waals surface area contributed by atoms with E-state index in [0.717, 1.165) is 10.0 Å². The van der Waals surface area contributed by atoms with Crippen LogP contribution >= 0.6 is 15.9 Å². The third-order valence-corrected chi connectivity index (χ3v) is 4.00. The van der Waals surface area contributed by atoms with Crippen LogP contribution in [0.5, 0.6) is 11.5 Å². The maximum Gasteiger partial charge on any atom is 0.377 e. The molecular weight excluding hydrogens is 304 g/mol. The Morgan fingerprint density at radius 3 is 2.33 bits per heavy atom. The number of ketones is 1. The molecule has 1 aromatic rings. The zero-order valence-corrected chi connectivity index (χ0v) is 10.9. The SMILES string of the molecule is O=C(O)C(=O)c1c2c(c(Br)c3c1OCC3)OCC2. The Hall–Kier alpha value is -1.56. The van der Waals surface area contributed by atoms with Gasteiger partial charge >= 0.3 is 5.97 Å². The van der Waals surface area contributed by atoms with E-state index in [9.17, 15) is 9.59 Å². The molecule has 5 nitrogen and oxygen atoms in total. The molecule has 0 aliphatic carbocycles. The summed E-state index contributed by atoms with van der Waals surface area (Å²) in [4.78, 5) is 22.8. The maximum atomic E-state index is 11.8. The highest BCUT2D eigenvalue weighted by Crippen LogP contribution is 2.47. The van der Waals surface area contributed by atoms with Crippen LogP contribution < -0.4 is 9.47 Å². The van der Waals surface area contributed by atoms with Crippen molar-refractivity contribution in [2.45, 2.75) is 12.8 Å². The van der Waals surface area contributed by atoms with E-state index in [1.54, 1.807) is 0 Å². The molecule has 18 heavy (non-hydrogen) atoms. The summed E-state index contributed by atoms with van der Waals surface area (Å²) in [6.07, 6.45) is 1.17. The van der Waals surface area contributed by atoms with Crippen molar-refractivity contribution >= 4 is 27.7 Å². The molecule has 2 heterocycles. The average molecular weight is 313 g/mol. The van der Waals surface area contributed by atoms with Gasteiger partial charge in [-0.15, -0.1) is 0 Å². The van der Waals surface area contributed by atoms with Gasteiger partial charge in [0, 0.05) is 24.0 Å². The number of carbonyl (C=O) groups is 2. The Kier molecular flexibility index (Phi) is 2.55. The number of hydrogen-bond donors (Lipinski definition) is 1. The van der Waals surface area contributed by atoms with Gasteiger partial charge in [-0.25, -0.2) is 4.79 Å². The van der Waals surface area contributed by atoms with E-state index >= 15 is 0 Å². The first-order chi connectivity index (χ1) is 8.61. The van der Waals surface area contributed by atoms with E-state index < -0.39 is 11.8 Å². The number of rotatable bonds is 2. The lowest BCUT2D eigenvalue weighted by molar-refractivity contribution is -0.131. The number of Topliss-reactive ketones (excluding diaryl/α,β-unsaturated/α-hetero) is 1. The topological polar surface area (TPSA) is 72.8 Å².